The van der Waals surface area contributed by atoms with E-state index in [2.05, 4.69) is 15.2 Å². The zero-order valence-corrected chi connectivity index (χ0v) is 15.7. The number of amides is 1. The molecule has 0 saturated carbocycles. The zero-order valence-electron chi connectivity index (χ0n) is 14.9. The first kappa shape index (κ1) is 18.7. The highest BCUT2D eigenvalue weighted by molar-refractivity contribution is 7.92. The quantitative estimate of drug-likeness (QED) is 0.675. The van der Waals surface area contributed by atoms with Gasteiger partial charge in [-0.2, -0.15) is 0 Å². The molecule has 0 fully saturated rings. The molecular formula is C19H19N3O4S. The summed E-state index contributed by atoms with van der Waals surface area (Å²) in [6, 6.07) is 13.2. The van der Waals surface area contributed by atoms with Crippen molar-refractivity contribution >= 4 is 27.3 Å². The van der Waals surface area contributed by atoms with Gasteiger partial charge in [-0.25, -0.2) is 8.42 Å². The van der Waals surface area contributed by atoms with E-state index in [1.807, 2.05) is 6.92 Å². The molecule has 3 aromatic rings. The van der Waals surface area contributed by atoms with Gasteiger partial charge in [0.1, 0.15) is 11.3 Å². The fourth-order valence-electron chi connectivity index (χ4n) is 2.49. The largest absolute Gasteiger partial charge is 0.361 e. The van der Waals surface area contributed by atoms with Crippen molar-refractivity contribution in [3.05, 3.63) is 71.6 Å². The summed E-state index contributed by atoms with van der Waals surface area (Å²) in [5.74, 6) is 0.0174. The fraction of sp³-hybridized carbons (Fsp3) is 0.158. The van der Waals surface area contributed by atoms with Gasteiger partial charge in [0.2, 0.25) is 0 Å². The molecule has 0 aliphatic heterocycles. The molecule has 0 saturated heterocycles. The first-order chi connectivity index (χ1) is 12.9. The highest BCUT2D eigenvalue weighted by atomic mass is 32.2. The topological polar surface area (TPSA) is 101 Å². The van der Waals surface area contributed by atoms with E-state index in [-0.39, 0.29) is 10.8 Å². The maximum atomic E-state index is 12.5. The van der Waals surface area contributed by atoms with Gasteiger partial charge in [0, 0.05) is 5.69 Å². The van der Waals surface area contributed by atoms with E-state index in [0.29, 0.717) is 22.7 Å². The average Bonchev–Trinajstić information content (AvgIpc) is 3.08. The van der Waals surface area contributed by atoms with Gasteiger partial charge in [-0.1, -0.05) is 30.3 Å². The van der Waals surface area contributed by atoms with E-state index < -0.39 is 10.0 Å². The number of hydrogen-bond donors (Lipinski definition) is 2. The molecule has 0 radical (unpaired) electrons. The lowest BCUT2D eigenvalue weighted by atomic mass is 10.2. The second-order valence-corrected chi connectivity index (χ2v) is 7.62. The molecule has 140 valence electrons. The summed E-state index contributed by atoms with van der Waals surface area (Å²) in [7, 11) is -3.72. The second-order valence-electron chi connectivity index (χ2n) is 5.93. The molecular weight excluding hydrogens is 366 g/mol. The van der Waals surface area contributed by atoms with Crippen LogP contribution >= 0.6 is 0 Å². The maximum Gasteiger partial charge on any atom is 0.261 e. The SMILES string of the molecule is CCc1ccc(S(=O)(=O)Nc2cccc(NC(=O)c3cnoc3C)c2)cc1. The van der Waals surface area contributed by atoms with Crippen LogP contribution in [0.5, 0.6) is 0 Å². The number of aromatic nitrogens is 1. The number of hydrogen-bond acceptors (Lipinski definition) is 5. The van der Waals surface area contributed by atoms with Gasteiger partial charge in [-0.3, -0.25) is 9.52 Å². The monoisotopic (exact) mass is 385 g/mol. The van der Waals surface area contributed by atoms with Crippen LogP contribution in [0.4, 0.5) is 11.4 Å². The normalized spacial score (nSPS) is 11.2. The number of carbonyl (C=O) groups is 1. The number of nitrogens with zero attached hydrogens (tertiary/aromatic N) is 1. The van der Waals surface area contributed by atoms with E-state index in [4.69, 9.17) is 4.52 Å². The lowest BCUT2D eigenvalue weighted by Gasteiger charge is -2.10. The van der Waals surface area contributed by atoms with Crippen LogP contribution < -0.4 is 10.0 Å². The van der Waals surface area contributed by atoms with Crippen molar-refractivity contribution in [3.63, 3.8) is 0 Å². The Morgan fingerprint density at radius 1 is 1.11 bits per heavy atom. The summed E-state index contributed by atoms with van der Waals surface area (Å²) >= 11 is 0. The Bertz CT molecular complexity index is 1060. The Morgan fingerprint density at radius 3 is 2.44 bits per heavy atom. The number of nitrogens with one attached hydrogen (secondary N) is 2. The molecule has 1 amide bonds. The van der Waals surface area contributed by atoms with Crippen LogP contribution in [-0.4, -0.2) is 19.5 Å². The van der Waals surface area contributed by atoms with Crippen molar-refractivity contribution in [1.29, 1.82) is 0 Å². The first-order valence-corrected chi connectivity index (χ1v) is 9.82. The van der Waals surface area contributed by atoms with Crippen LogP contribution in [0.25, 0.3) is 0 Å². The standard InChI is InChI=1S/C19H19N3O4S/c1-3-14-7-9-17(10-8-14)27(24,25)22-16-6-4-5-15(11-16)21-19(23)18-12-20-26-13(18)2/h4-12,22H,3H2,1-2H3,(H,21,23). The van der Waals surface area contributed by atoms with Gasteiger partial charge in [0.25, 0.3) is 15.9 Å². The summed E-state index contributed by atoms with van der Waals surface area (Å²) < 4.78 is 32.5. The summed E-state index contributed by atoms with van der Waals surface area (Å²) in [5.41, 5.74) is 2.16. The Kier molecular flexibility index (Phi) is 5.27. The van der Waals surface area contributed by atoms with E-state index >= 15 is 0 Å². The van der Waals surface area contributed by atoms with Gasteiger partial charge < -0.3 is 9.84 Å². The third kappa shape index (κ3) is 4.35. The molecule has 2 aromatic carbocycles. The van der Waals surface area contributed by atoms with Crippen LogP contribution in [0.15, 0.2) is 64.1 Å². The lowest BCUT2D eigenvalue weighted by molar-refractivity contribution is 0.102. The van der Waals surface area contributed by atoms with E-state index in [9.17, 15) is 13.2 Å². The molecule has 0 spiro atoms. The van der Waals surface area contributed by atoms with Crippen molar-refractivity contribution in [2.75, 3.05) is 10.0 Å². The first-order valence-electron chi connectivity index (χ1n) is 8.33. The van der Waals surface area contributed by atoms with Crippen molar-refractivity contribution in [2.45, 2.75) is 25.2 Å². The Hall–Kier alpha value is -3.13. The number of rotatable bonds is 6. The second kappa shape index (κ2) is 7.63. The van der Waals surface area contributed by atoms with Crippen molar-refractivity contribution < 1.29 is 17.7 Å². The van der Waals surface area contributed by atoms with Crippen molar-refractivity contribution in [1.82, 2.24) is 5.16 Å². The molecule has 2 N–H and O–H groups in total. The summed E-state index contributed by atoms with van der Waals surface area (Å²) in [5, 5.41) is 6.26. The van der Waals surface area contributed by atoms with Crippen LogP contribution in [0, 0.1) is 6.92 Å². The Labute approximate surface area is 157 Å². The van der Waals surface area contributed by atoms with Crippen LogP contribution in [-0.2, 0) is 16.4 Å². The predicted molar refractivity (Wildman–Crippen MR) is 102 cm³/mol. The molecule has 27 heavy (non-hydrogen) atoms. The van der Waals surface area contributed by atoms with Gasteiger partial charge in [0.15, 0.2) is 0 Å². The van der Waals surface area contributed by atoms with Gasteiger partial charge in [0.05, 0.1) is 16.8 Å². The predicted octanol–water partition coefficient (Wildman–Crippen LogP) is 3.60. The van der Waals surface area contributed by atoms with Crippen molar-refractivity contribution in [3.8, 4) is 0 Å². The number of anilines is 2. The molecule has 1 heterocycles. The Balaban J connectivity index is 1.76. The number of benzene rings is 2. The summed E-state index contributed by atoms with van der Waals surface area (Å²) in [6.45, 7) is 3.64. The molecule has 8 heteroatoms. The number of sulfonamides is 1. The molecule has 7 nitrogen and oxygen atoms in total. The van der Waals surface area contributed by atoms with E-state index in [0.717, 1.165) is 12.0 Å². The van der Waals surface area contributed by atoms with Gasteiger partial charge >= 0.3 is 0 Å². The highest BCUT2D eigenvalue weighted by Crippen LogP contribution is 2.21. The summed E-state index contributed by atoms with van der Waals surface area (Å²) in [6.07, 6.45) is 2.17. The van der Waals surface area contributed by atoms with Gasteiger partial charge in [-0.05, 0) is 49.2 Å². The Morgan fingerprint density at radius 2 is 1.81 bits per heavy atom. The molecule has 0 aliphatic carbocycles. The third-order valence-electron chi connectivity index (χ3n) is 4.01. The van der Waals surface area contributed by atoms with Crippen LogP contribution in [0.1, 0.15) is 28.6 Å². The zero-order chi connectivity index (χ0) is 19.4. The smallest absolute Gasteiger partial charge is 0.261 e. The van der Waals surface area contributed by atoms with Crippen LogP contribution in [0.2, 0.25) is 0 Å². The molecule has 0 aliphatic rings. The molecule has 0 unspecified atom stereocenters. The van der Waals surface area contributed by atoms with Gasteiger partial charge in [-0.15, -0.1) is 0 Å². The fourth-order valence-corrected chi connectivity index (χ4v) is 3.54. The molecule has 1 aromatic heterocycles. The lowest BCUT2D eigenvalue weighted by Crippen LogP contribution is -2.14. The highest BCUT2D eigenvalue weighted by Gasteiger charge is 2.16. The minimum absolute atomic E-state index is 0.175. The maximum absolute atomic E-state index is 12.5. The number of aryl methyl sites for hydroxylation is 2. The molecule has 3 rings (SSSR count). The summed E-state index contributed by atoms with van der Waals surface area (Å²) in [4.78, 5) is 12.4. The third-order valence-corrected chi connectivity index (χ3v) is 5.41. The van der Waals surface area contributed by atoms with E-state index in [1.54, 1.807) is 55.5 Å². The van der Waals surface area contributed by atoms with E-state index in [1.165, 1.54) is 6.20 Å². The average molecular weight is 385 g/mol. The van der Waals surface area contributed by atoms with Crippen molar-refractivity contribution in [2.24, 2.45) is 0 Å². The number of carbonyl (C=O) groups excluding carboxylic acids is 1. The minimum atomic E-state index is -3.72. The van der Waals surface area contributed by atoms with Crippen LogP contribution in [0.3, 0.4) is 0 Å². The molecule has 0 bridgehead atoms. The minimum Gasteiger partial charge on any atom is -0.361 e. The molecule has 0 atom stereocenters.